The van der Waals surface area contributed by atoms with Crippen LogP contribution in [0.4, 0.5) is 0 Å². The molecule has 6 rings (SSSR count). The second-order valence-corrected chi connectivity index (χ2v) is 10.1. The lowest BCUT2D eigenvalue weighted by Crippen LogP contribution is -2.45. The number of hydrogen-bond acceptors (Lipinski definition) is 6. The van der Waals surface area contributed by atoms with Gasteiger partial charge in [0, 0.05) is 17.7 Å². The molecule has 1 atom stereocenters. The Morgan fingerprint density at radius 2 is 1.12 bits per heavy atom. The van der Waals surface area contributed by atoms with E-state index < -0.39 is 11.4 Å². The summed E-state index contributed by atoms with van der Waals surface area (Å²) in [5.74, 6) is 1.36. The van der Waals surface area contributed by atoms with Gasteiger partial charge in [0.05, 0.1) is 5.56 Å². The van der Waals surface area contributed by atoms with Crippen molar-refractivity contribution >= 4 is 5.78 Å². The summed E-state index contributed by atoms with van der Waals surface area (Å²) in [6.07, 6.45) is 0. The van der Waals surface area contributed by atoms with Crippen LogP contribution in [0, 0.1) is 0 Å². The van der Waals surface area contributed by atoms with Crippen molar-refractivity contribution in [3.63, 3.8) is 0 Å². The minimum Gasteiger partial charge on any atom is -0.489 e. The normalized spacial score (nSPS) is 15.8. The van der Waals surface area contributed by atoms with Gasteiger partial charge in [0.15, 0.2) is 5.60 Å². The largest absolute Gasteiger partial charge is 0.489 e. The number of ketones is 1. The molecule has 0 aromatic heterocycles. The van der Waals surface area contributed by atoms with Gasteiger partial charge in [-0.05, 0) is 41.0 Å². The number of fused-ring (bicyclic) bond motifs is 1. The SMILES string of the molecule is O=C1c2ccc(OCc3ccccc3)cc2OCC1(O)c1ccc(OCc2ccccc2)cc1OCc1ccccc1. The molecule has 6 heteroatoms. The predicted octanol–water partition coefficient (Wildman–Crippen LogP) is 6.89. The molecular formula is C36H30O6. The van der Waals surface area contributed by atoms with Crippen LogP contribution in [0.5, 0.6) is 23.0 Å². The number of ether oxygens (including phenoxy) is 4. The average Bonchev–Trinajstić information content (AvgIpc) is 3.05. The first kappa shape index (κ1) is 27.1. The van der Waals surface area contributed by atoms with Gasteiger partial charge >= 0.3 is 0 Å². The van der Waals surface area contributed by atoms with E-state index in [1.54, 1.807) is 36.4 Å². The van der Waals surface area contributed by atoms with Crippen molar-refractivity contribution in [3.05, 3.63) is 155 Å². The van der Waals surface area contributed by atoms with Gasteiger partial charge in [0.1, 0.15) is 49.4 Å². The van der Waals surface area contributed by atoms with Gasteiger partial charge in [-0.15, -0.1) is 0 Å². The standard InChI is InChI=1S/C36H30O6/c37-35-31-18-16-29(39-22-26-10-4-1-5-11-26)20-33(31)42-25-36(35,38)32-19-17-30(40-23-27-12-6-2-7-13-27)21-34(32)41-24-28-14-8-3-9-15-28/h1-21,38H,22-25H2. The number of carbonyl (C=O) groups excluding carboxylic acids is 1. The number of aliphatic hydroxyl groups is 1. The summed E-state index contributed by atoms with van der Waals surface area (Å²) in [5, 5.41) is 11.8. The van der Waals surface area contributed by atoms with E-state index in [0.717, 1.165) is 16.7 Å². The Kier molecular flexibility index (Phi) is 7.88. The molecule has 42 heavy (non-hydrogen) atoms. The number of rotatable bonds is 10. The van der Waals surface area contributed by atoms with Gasteiger partial charge in [-0.2, -0.15) is 0 Å². The molecule has 1 aliphatic heterocycles. The van der Waals surface area contributed by atoms with Crippen molar-refractivity contribution in [1.29, 1.82) is 0 Å². The van der Waals surface area contributed by atoms with Crippen LogP contribution >= 0.6 is 0 Å². The van der Waals surface area contributed by atoms with Gasteiger partial charge in [0.2, 0.25) is 5.78 Å². The summed E-state index contributed by atoms with van der Waals surface area (Å²) in [5.41, 5.74) is 1.63. The summed E-state index contributed by atoms with van der Waals surface area (Å²) in [4.78, 5) is 13.8. The first-order valence-corrected chi connectivity index (χ1v) is 13.8. The number of carbonyl (C=O) groups is 1. The van der Waals surface area contributed by atoms with Crippen LogP contribution in [-0.2, 0) is 25.4 Å². The smallest absolute Gasteiger partial charge is 0.206 e. The first-order chi connectivity index (χ1) is 20.6. The maximum Gasteiger partial charge on any atom is 0.206 e. The summed E-state index contributed by atoms with van der Waals surface area (Å²) in [6, 6.07) is 39.5. The molecule has 5 aromatic carbocycles. The molecule has 1 aliphatic rings. The third-order valence-electron chi connectivity index (χ3n) is 7.14. The fourth-order valence-electron chi connectivity index (χ4n) is 4.84. The molecule has 6 nitrogen and oxygen atoms in total. The second-order valence-electron chi connectivity index (χ2n) is 10.1. The van der Waals surface area contributed by atoms with E-state index in [0.29, 0.717) is 41.8 Å². The minimum absolute atomic E-state index is 0.250. The molecule has 0 fully saturated rings. The molecule has 0 bridgehead atoms. The Hall–Kier alpha value is -5.07. The lowest BCUT2D eigenvalue weighted by molar-refractivity contribution is -0.00677. The molecule has 0 amide bonds. The fraction of sp³-hybridized carbons (Fsp3) is 0.139. The Labute approximate surface area is 244 Å². The number of hydrogen-bond donors (Lipinski definition) is 1. The number of benzene rings is 5. The van der Waals surface area contributed by atoms with Crippen molar-refractivity contribution < 1.29 is 28.8 Å². The van der Waals surface area contributed by atoms with Crippen LogP contribution in [0.2, 0.25) is 0 Å². The Bertz CT molecular complexity index is 1650. The molecule has 0 aliphatic carbocycles. The minimum atomic E-state index is -1.95. The van der Waals surface area contributed by atoms with Gasteiger partial charge in [-0.25, -0.2) is 0 Å². The third-order valence-corrected chi connectivity index (χ3v) is 7.14. The zero-order valence-corrected chi connectivity index (χ0v) is 22.9. The first-order valence-electron chi connectivity index (χ1n) is 13.8. The zero-order valence-electron chi connectivity index (χ0n) is 22.9. The fourth-order valence-corrected chi connectivity index (χ4v) is 4.84. The third kappa shape index (κ3) is 5.99. The van der Waals surface area contributed by atoms with Gasteiger partial charge < -0.3 is 24.1 Å². The highest BCUT2D eigenvalue weighted by atomic mass is 16.5. The lowest BCUT2D eigenvalue weighted by Gasteiger charge is -2.33. The maximum atomic E-state index is 13.8. The molecule has 0 saturated carbocycles. The highest BCUT2D eigenvalue weighted by Crippen LogP contribution is 2.42. The van der Waals surface area contributed by atoms with Gasteiger partial charge in [0.25, 0.3) is 0 Å². The second kappa shape index (κ2) is 12.2. The quantitative estimate of drug-likeness (QED) is 0.201. The van der Waals surface area contributed by atoms with Crippen LogP contribution in [0.15, 0.2) is 127 Å². The van der Waals surface area contributed by atoms with Crippen LogP contribution in [0.25, 0.3) is 0 Å². The highest BCUT2D eigenvalue weighted by Gasteiger charge is 2.46. The predicted molar refractivity (Wildman–Crippen MR) is 159 cm³/mol. The van der Waals surface area contributed by atoms with E-state index in [2.05, 4.69) is 0 Å². The van der Waals surface area contributed by atoms with Gasteiger partial charge in [-0.1, -0.05) is 91.0 Å². The molecule has 5 aromatic rings. The van der Waals surface area contributed by atoms with Crippen molar-refractivity contribution in [2.45, 2.75) is 25.4 Å². The zero-order chi connectivity index (χ0) is 28.8. The van der Waals surface area contributed by atoms with Crippen molar-refractivity contribution in [2.24, 2.45) is 0 Å². The van der Waals surface area contributed by atoms with Crippen LogP contribution < -0.4 is 18.9 Å². The molecule has 1 unspecified atom stereocenters. The molecular weight excluding hydrogens is 528 g/mol. The van der Waals surface area contributed by atoms with E-state index in [4.69, 9.17) is 18.9 Å². The average molecular weight is 559 g/mol. The summed E-state index contributed by atoms with van der Waals surface area (Å²) in [7, 11) is 0. The van der Waals surface area contributed by atoms with Crippen molar-refractivity contribution in [2.75, 3.05) is 6.61 Å². The highest BCUT2D eigenvalue weighted by molar-refractivity contribution is 6.06. The molecule has 0 radical (unpaired) electrons. The van der Waals surface area contributed by atoms with E-state index >= 15 is 0 Å². The summed E-state index contributed by atoms with van der Waals surface area (Å²) < 4.78 is 24.1. The lowest BCUT2D eigenvalue weighted by atomic mass is 9.84. The molecule has 0 saturated heterocycles. The molecule has 1 heterocycles. The van der Waals surface area contributed by atoms with Crippen LogP contribution in [0.3, 0.4) is 0 Å². The van der Waals surface area contributed by atoms with E-state index in [9.17, 15) is 9.90 Å². The summed E-state index contributed by atoms with van der Waals surface area (Å²) >= 11 is 0. The summed E-state index contributed by atoms with van der Waals surface area (Å²) in [6.45, 7) is 0.734. The van der Waals surface area contributed by atoms with E-state index in [1.165, 1.54) is 0 Å². The van der Waals surface area contributed by atoms with Gasteiger partial charge in [-0.3, -0.25) is 4.79 Å². The van der Waals surface area contributed by atoms with E-state index in [1.807, 2.05) is 91.0 Å². The topological polar surface area (TPSA) is 74.2 Å². The maximum absolute atomic E-state index is 13.8. The van der Waals surface area contributed by atoms with Crippen LogP contribution in [-0.4, -0.2) is 17.5 Å². The van der Waals surface area contributed by atoms with Crippen molar-refractivity contribution in [3.8, 4) is 23.0 Å². The molecule has 1 N–H and O–H groups in total. The van der Waals surface area contributed by atoms with Crippen molar-refractivity contribution in [1.82, 2.24) is 0 Å². The number of Topliss-reactive ketones (excluding diaryl/α,β-unsaturated/α-hetero) is 1. The van der Waals surface area contributed by atoms with E-state index in [-0.39, 0.29) is 18.8 Å². The Morgan fingerprint density at radius 3 is 1.69 bits per heavy atom. The molecule has 0 spiro atoms. The van der Waals surface area contributed by atoms with Crippen LogP contribution in [0.1, 0.15) is 32.6 Å². The Balaban J connectivity index is 1.25. The monoisotopic (exact) mass is 558 g/mol. The Morgan fingerprint density at radius 1 is 0.619 bits per heavy atom. The molecule has 210 valence electrons.